The highest BCUT2D eigenvalue weighted by Gasteiger charge is 2.06. The van der Waals surface area contributed by atoms with Gasteiger partial charge in [0, 0.05) is 6.07 Å². The van der Waals surface area contributed by atoms with Crippen LogP contribution in [0, 0.1) is 0 Å². The fraction of sp³-hybridized carbons (Fsp3) is 0.125. The topological polar surface area (TPSA) is 79.2 Å². The smallest absolute Gasteiger partial charge is 0.200 e. The van der Waals surface area contributed by atoms with E-state index in [0.717, 1.165) is 5.56 Å². The lowest BCUT2D eigenvalue weighted by molar-refractivity contribution is 0.368. The van der Waals surface area contributed by atoms with Crippen LogP contribution in [0.5, 0.6) is 28.7 Å². The van der Waals surface area contributed by atoms with Gasteiger partial charge in [-0.25, -0.2) is 0 Å². The monoisotopic (exact) mass is 288 g/mol. The van der Waals surface area contributed by atoms with Crippen LogP contribution in [0.25, 0.3) is 12.2 Å². The van der Waals surface area contributed by atoms with Gasteiger partial charge in [0.1, 0.15) is 11.5 Å². The first-order chi connectivity index (χ1) is 10.0. The van der Waals surface area contributed by atoms with Gasteiger partial charge in [0.25, 0.3) is 0 Å². The Bertz CT molecular complexity index is 631. The van der Waals surface area contributed by atoms with Gasteiger partial charge in [0.2, 0.25) is 0 Å². The SMILES string of the molecule is COc1cc(C=Cc2cc(O)c(O)c(O)c2)cc(OC)c1. The summed E-state index contributed by atoms with van der Waals surface area (Å²) in [6.07, 6.45) is 3.46. The first kappa shape index (κ1) is 14.6. The maximum atomic E-state index is 9.46. The standard InChI is InChI=1S/C16H16O5/c1-20-12-5-10(6-13(9-12)21-2)3-4-11-7-14(17)16(19)15(18)8-11/h3-9,17-19H,1-2H3. The Morgan fingerprint density at radius 3 is 1.57 bits per heavy atom. The lowest BCUT2D eigenvalue weighted by Gasteiger charge is -2.06. The van der Waals surface area contributed by atoms with Gasteiger partial charge < -0.3 is 24.8 Å². The Morgan fingerprint density at radius 2 is 1.14 bits per heavy atom. The summed E-state index contributed by atoms with van der Waals surface area (Å²) in [6, 6.07) is 8.10. The third-order valence-electron chi connectivity index (χ3n) is 2.93. The second-order valence-corrected chi connectivity index (χ2v) is 4.39. The molecule has 0 aromatic heterocycles. The van der Waals surface area contributed by atoms with Gasteiger partial charge >= 0.3 is 0 Å². The van der Waals surface area contributed by atoms with E-state index in [9.17, 15) is 15.3 Å². The molecule has 110 valence electrons. The Balaban J connectivity index is 2.33. The summed E-state index contributed by atoms with van der Waals surface area (Å²) in [7, 11) is 3.14. The molecule has 0 saturated heterocycles. The highest BCUT2D eigenvalue weighted by atomic mass is 16.5. The van der Waals surface area contributed by atoms with E-state index in [4.69, 9.17) is 9.47 Å². The molecule has 0 amide bonds. The Morgan fingerprint density at radius 1 is 0.714 bits per heavy atom. The van der Waals surface area contributed by atoms with Crippen molar-refractivity contribution >= 4 is 12.2 Å². The van der Waals surface area contributed by atoms with Crippen molar-refractivity contribution in [3.63, 3.8) is 0 Å². The largest absolute Gasteiger partial charge is 0.504 e. The minimum atomic E-state index is -0.532. The van der Waals surface area contributed by atoms with E-state index in [0.29, 0.717) is 17.1 Å². The molecule has 0 aliphatic carbocycles. The van der Waals surface area contributed by atoms with Crippen LogP contribution < -0.4 is 9.47 Å². The maximum absolute atomic E-state index is 9.46. The molecule has 5 heteroatoms. The van der Waals surface area contributed by atoms with Crippen molar-refractivity contribution in [2.45, 2.75) is 0 Å². The zero-order valence-electron chi connectivity index (χ0n) is 11.7. The minimum Gasteiger partial charge on any atom is -0.504 e. The summed E-state index contributed by atoms with van der Waals surface area (Å²) in [4.78, 5) is 0. The molecule has 0 aliphatic rings. The lowest BCUT2D eigenvalue weighted by Crippen LogP contribution is -1.88. The molecule has 2 aromatic rings. The molecule has 0 spiro atoms. The Kier molecular flexibility index (Phi) is 4.23. The molecule has 3 N–H and O–H groups in total. The van der Waals surface area contributed by atoms with Crippen molar-refractivity contribution in [1.29, 1.82) is 0 Å². The number of methoxy groups -OCH3 is 2. The Hall–Kier alpha value is -2.82. The third-order valence-corrected chi connectivity index (χ3v) is 2.93. The molecule has 2 rings (SSSR count). The fourth-order valence-electron chi connectivity index (χ4n) is 1.84. The summed E-state index contributed by atoms with van der Waals surface area (Å²) in [5.74, 6) is 0.0294. The number of aromatic hydroxyl groups is 3. The van der Waals surface area contributed by atoms with Gasteiger partial charge in [0.15, 0.2) is 17.2 Å². The average molecular weight is 288 g/mol. The molecular weight excluding hydrogens is 272 g/mol. The first-order valence-corrected chi connectivity index (χ1v) is 6.19. The third kappa shape index (κ3) is 3.39. The van der Waals surface area contributed by atoms with Crippen LogP contribution in [0.4, 0.5) is 0 Å². The molecule has 5 nitrogen and oxygen atoms in total. The van der Waals surface area contributed by atoms with E-state index in [1.54, 1.807) is 32.4 Å². The minimum absolute atomic E-state index is 0.377. The summed E-state index contributed by atoms with van der Waals surface area (Å²) in [5, 5.41) is 28.2. The molecule has 0 radical (unpaired) electrons. The number of ether oxygens (including phenoxy) is 2. The summed E-state index contributed by atoms with van der Waals surface area (Å²) >= 11 is 0. The second kappa shape index (κ2) is 6.09. The summed E-state index contributed by atoms with van der Waals surface area (Å²) in [6.45, 7) is 0. The van der Waals surface area contributed by atoms with Gasteiger partial charge in [-0.1, -0.05) is 12.2 Å². The molecule has 21 heavy (non-hydrogen) atoms. The van der Waals surface area contributed by atoms with Crippen molar-refractivity contribution in [3.8, 4) is 28.7 Å². The van der Waals surface area contributed by atoms with Crippen molar-refractivity contribution in [1.82, 2.24) is 0 Å². The van der Waals surface area contributed by atoms with E-state index < -0.39 is 5.75 Å². The molecule has 0 saturated carbocycles. The molecule has 0 bridgehead atoms. The number of phenolic OH excluding ortho intramolecular Hbond substituents is 3. The maximum Gasteiger partial charge on any atom is 0.200 e. The van der Waals surface area contributed by atoms with Crippen LogP contribution in [-0.4, -0.2) is 29.5 Å². The molecule has 0 atom stereocenters. The van der Waals surface area contributed by atoms with E-state index in [1.807, 2.05) is 12.1 Å². The molecule has 0 heterocycles. The molecule has 2 aromatic carbocycles. The molecular formula is C16H16O5. The Labute approximate surface area is 122 Å². The number of phenols is 3. The van der Waals surface area contributed by atoms with E-state index >= 15 is 0 Å². The summed E-state index contributed by atoms with van der Waals surface area (Å²) < 4.78 is 10.4. The van der Waals surface area contributed by atoms with Gasteiger partial charge in [-0.05, 0) is 35.4 Å². The normalized spacial score (nSPS) is 10.8. The van der Waals surface area contributed by atoms with Crippen LogP contribution in [0.3, 0.4) is 0 Å². The van der Waals surface area contributed by atoms with Gasteiger partial charge in [-0.3, -0.25) is 0 Å². The van der Waals surface area contributed by atoms with Gasteiger partial charge in [-0.15, -0.1) is 0 Å². The van der Waals surface area contributed by atoms with E-state index in [1.165, 1.54) is 12.1 Å². The van der Waals surface area contributed by atoms with Crippen molar-refractivity contribution in [2.75, 3.05) is 14.2 Å². The van der Waals surface area contributed by atoms with Crippen LogP contribution in [0.15, 0.2) is 30.3 Å². The highest BCUT2D eigenvalue weighted by Crippen LogP contribution is 2.36. The van der Waals surface area contributed by atoms with Crippen molar-refractivity contribution in [3.05, 3.63) is 41.5 Å². The van der Waals surface area contributed by atoms with Crippen LogP contribution in [0.2, 0.25) is 0 Å². The predicted molar refractivity (Wildman–Crippen MR) is 79.9 cm³/mol. The van der Waals surface area contributed by atoms with E-state index in [-0.39, 0.29) is 11.5 Å². The quantitative estimate of drug-likeness (QED) is 0.595. The number of rotatable bonds is 4. The molecule has 0 aliphatic heterocycles. The molecule has 0 fully saturated rings. The van der Waals surface area contributed by atoms with Crippen LogP contribution in [0.1, 0.15) is 11.1 Å². The highest BCUT2D eigenvalue weighted by molar-refractivity contribution is 5.73. The lowest BCUT2D eigenvalue weighted by atomic mass is 10.1. The van der Waals surface area contributed by atoms with E-state index in [2.05, 4.69) is 0 Å². The van der Waals surface area contributed by atoms with Crippen LogP contribution in [-0.2, 0) is 0 Å². The number of hydrogen-bond donors (Lipinski definition) is 3. The molecule has 0 unspecified atom stereocenters. The fourth-order valence-corrected chi connectivity index (χ4v) is 1.84. The van der Waals surface area contributed by atoms with Crippen LogP contribution >= 0.6 is 0 Å². The number of benzene rings is 2. The van der Waals surface area contributed by atoms with Crippen molar-refractivity contribution < 1.29 is 24.8 Å². The summed E-state index contributed by atoms with van der Waals surface area (Å²) in [5.41, 5.74) is 1.38. The van der Waals surface area contributed by atoms with Gasteiger partial charge in [0.05, 0.1) is 14.2 Å². The van der Waals surface area contributed by atoms with Crippen molar-refractivity contribution in [2.24, 2.45) is 0 Å². The second-order valence-electron chi connectivity index (χ2n) is 4.39. The zero-order chi connectivity index (χ0) is 15.4. The predicted octanol–water partition coefficient (Wildman–Crippen LogP) is 2.99. The number of hydrogen-bond acceptors (Lipinski definition) is 5. The first-order valence-electron chi connectivity index (χ1n) is 6.19. The average Bonchev–Trinajstić information content (AvgIpc) is 2.49. The zero-order valence-corrected chi connectivity index (χ0v) is 11.7. The van der Waals surface area contributed by atoms with Gasteiger partial charge in [-0.2, -0.15) is 0 Å².